The lowest BCUT2D eigenvalue weighted by atomic mass is 10.0. The molecule has 1 aliphatic rings. The Labute approximate surface area is 184 Å². The fraction of sp³-hybridized carbons (Fsp3) is 0.364. The van der Waals surface area contributed by atoms with E-state index in [-0.39, 0.29) is 17.6 Å². The average Bonchev–Trinajstić information content (AvgIpc) is 3.40. The lowest BCUT2D eigenvalue weighted by molar-refractivity contribution is -0.117. The molecule has 4 rings (SSSR count). The summed E-state index contributed by atoms with van der Waals surface area (Å²) in [5.74, 6) is 0.915. The number of halogens is 2. The Kier molecular flexibility index (Phi) is 5.91. The highest BCUT2D eigenvalue weighted by Crippen LogP contribution is 2.38. The van der Waals surface area contributed by atoms with Crippen LogP contribution in [0.5, 0.6) is 0 Å². The highest BCUT2D eigenvalue weighted by atomic mass is 35.5. The topological polar surface area (TPSA) is 85.8 Å². The molecule has 162 valence electrons. The van der Waals surface area contributed by atoms with Crippen LogP contribution < -0.4 is 5.32 Å². The second-order valence-corrected chi connectivity index (χ2v) is 8.36. The number of amides is 1. The first-order chi connectivity index (χ1) is 14.8. The third-order valence-electron chi connectivity index (χ3n) is 5.15. The Bertz CT molecular complexity index is 1120. The van der Waals surface area contributed by atoms with Crippen LogP contribution in [0, 0.1) is 18.7 Å². The molecule has 7 nitrogen and oxygen atoms in total. The number of rotatable bonds is 7. The zero-order valence-electron chi connectivity index (χ0n) is 17.5. The third kappa shape index (κ3) is 4.69. The van der Waals surface area contributed by atoms with Crippen LogP contribution in [0.3, 0.4) is 0 Å². The monoisotopic (exact) mass is 443 g/mol. The van der Waals surface area contributed by atoms with Crippen molar-refractivity contribution in [3.05, 3.63) is 64.3 Å². The predicted octanol–water partition coefficient (Wildman–Crippen LogP) is 4.76. The third-order valence-corrected chi connectivity index (χ3v) is 5.51. The molecule has 1 atom stereocenters. The van der Waals surface area contributed by atoms with Crippen LogP contribution in [-0.4, -0.2) is 25.8 Å². The molecule has 1 aliphatic carbocycles. The highest BCUT2D eigenvalue weighted by Gasteiger charge is 2.31. The average molecular weight is 444 g/mol. The minimum Gasteiger partial charge on any atom is -0.340 e. The first-order valence-electron chi connectivity index (χ1n) is 10.2. The number of nitrogens with one attached hydrogen (secondary N) is 1. The summed E-state index contributed by atoms with van der Waals surface area (Å²) >= 11 is 6.47. The van der Waals surface area contributed by atoms with Gasteiger partial charge in [-0.05, 0) is 56.0 Å². The number of aryl methyl sites for hydroxylation is 1. The van der Waals surface area contributed by atoms with Crippen LogP contribution in [0.15, 0.2) is 34.9 Å². The molecular formula is C22H23ClFN5O2. The molecule has 1 aromatic carbocycles. The van der Waals surface area contributed by atoms with Gasteiger partial charge < -0.3 is 9.84 Å². The lowest BCUT2D eigenvalue weighted by Crippen LogP contribution is -2.30. The van der Waals surface area contributed by atoms with Gasteiger partial charge >= 0.3 is 0 Å². The van der Waals surface area contributed by atoms with E-state index in [1.54, 1.807) is 25.1 Å². The van der Waals surface area contributed by atoms with E-state index >= 15 is 0 Å². The molecule has 1 fully saturated rings. The normalized spacial score (nSPS) is 15.0. The van der Waals surface area contributed by atoms with E-state index in [0.29, 0.717) is 39.7 Å². The number of carbonyl (C=O) groups is 1. The number of carbonyl (C=O) groups excluding carboxylic acids is 1. The van der Waals surface area contributed by atoms with Crippen LogP contribution in [-0.2, 0) is 4.79 Å². The van der Waals surface area contributed by atoms with Crippen LogP contribution in [0.25, 0.3) is 11.8 Å². The molecule has 1 N–H and O–H groups in total. The summed E-state index contributed by atoms with van der Waals surface area (Å²) in [5.41, 5.74) is 1.88. The number of hydrogen-bond acceptors (Lipinski definition) is 5. The zero-order chi connectivity index (χ0) is 22.1. The Balaban J connectivity index is 1.49. The van der Waals surface area contributed by atoms with Gasteiger partial charge in [0.1, 0.15) is 17.0 Å². The van der Waals surface area contributed by atoms with Gasteiger partial charge in [0.15, 0.2) is 5.82 Å². The Morgan fingerprint density at radius 2 is 2.03 bits per heavy atom. The van der Waals surface area contributed by atoms with Crippen molar-refractivity contribution >= 4 is 23.6 Å². The number of benzene rings is 1. The van der Waals surface area contributed by atoms with Gasteiger partial charge in [0.25, 0.3) is 0 Å². The molecule has 1 amide bonds. The summed E-state index contributed by atoms with van der Waals surface area (Å²) in [7, 11) is 0. The van der Waals surface area contributed by atoms with Crippen molar-refractivity contribution in [1.29, 1.82) is 0 Å². The van der Waals surface area contributed by atoms with Gasteiger partial charge in [0.05, 0.1) is 11.4 Å². The highest BCUT2D eigenvalue weighted by molar-refractivity contribution is 6.31. The second kappa shape index (κ2) is 8.63. The maximum absolute atomic E-state index is 13.2. The van der Waals surface area contributed by atoms with Crippen molar-refractivity contribution in [3.63, 3.8) is 0 Å². The molecule has 3 aromatic rings. The zero-order valence-corrected chi connectivity index (χ0v) is 18.2. The summed E-state index contributed by atoms with van der Waals surface area (Å²) in [5, 5.41) is 11.7. The fourth-order valence-electron chi connectivity index (χ4n) is 3.21. The molecule has 0 bridgehead atoms. The summed E-state index contributed by atoms with van der Waals surface area (Å²) in [6.07, 6.45) is 5.16. The minimum atomic E-state index is -0.393. The fourth-order valence-corrected chi connectivity index (χ4v) is 3.54. The summed E-state index contributed by atoms with van der Waals surface area (Å²) < 4.78 is 20.1. The standard InChI is InChI=1S/C22H23ClFN5O2/c1-12(2)19(22-26-21(28-31-22)14-4-5-14)25-18(30)11-10-17-13(3)27-29(20(17)23)16-8-6-15(24)7-9-16/h6-12,14,19H,4-5H2,1-3H3,(H,25,30)/b11-10+. The van der Waals surface area contributed by atoms with Gasteiger partial charge in [-0.25, -0.2) is 9.07 Å². The summed E-state index contributed by atoms with van der Waals surface area (Å²) in [6, 6.07) is 5.45. The lowest BCUT2D eigenvalue weighted by Gasteiger charge is -2.17. The molecule has 0 radical (unpaired) electrons. The van der Waals surface area contributed by atoms with Gasteiger partial charge in [-0.15, -0.1) is 0 Å². The largest absolute Gasteiger partial charge is 0.340 e. The van der Waals surface area contributed by atoms with Crippen molar-refractivity contribution in [3.8, 4) is 5.69 Å². The maximum Gasteiger partial charge on any atom is 0.249 e. The number of hydrogen-bond donors (Lipinski definition) is 1. The first-order valence-corrected chi connectivity index (χ1v) is 10.5. The summed E-state index contributed by atoms with van der Waals surface area (Å²) in [4.78, 5) is 17.1. The molecule has 31 heavy (non-hydrogen) atoms. The number of aromatic nitrogens is 4. The second-order valence-electron chi connectivity index (χ2n) is 8.01. The summed E-state index contributed by atoms with van der Waals surface area (Å²) in [6.45, 7) is 5.74. The Hall–Kier alpha value is -3.00. The molecule has 0 spiro atoms. The van der Waals surface area contributed by atoms with E-state index in [9.17, 15) is 9.18 Å². The first kappa shape index (κ1) is 21.2. The molecule has 0 aliphatic heterocycles. The molecule has 9 heteroatoms. The Morgan fingerprint density at radius 1 is 1.32 bits per heavy atom. The van der Waals surface area contributed by atoms with Gasteiger partial charge in [-0.3, -0.25) is 4.79 Å². The quantitative estimate of drug-likeness (QED) is 0.532. The molecule has 2 aromatic heterocycles. The minimum absolute atomic E-state index is 0.0661. The van der Waals surface area contributed by atoms with Crippen molar-refractivity contribution in [1.82, 2.24) is 25.2 Å². The van der Waals surface area contributed by atoms with Crippen molar-refractivity contribution < 1.29 is 13.7 Å². The van der Waals surface area contributed by atoms with Gasteiger partial charge in [0.2, 0.25) is 11.8 Å². The van der Waals surface area contributed by atoms with E-state index in [4.69, 9.17) is 16.1 Å². The Morgan fingerprint density at radius 3 is 2.68 bits per heavy atom. The van der Waals surface area contributed by atoms with E-state index < -0.39 is 6.04 Å². The van der Waals surface area contributed by atoms with Crippen molar-refractivity contribution in [2.75, 3.05) is 0 Å². The van der Waals surface area contributed by atoms with Gasteiger partial charge in [-0.1, -0.05) is 30.6 Å². The molecule has 0 saturated heterocycles. The SMILES string of the molecule is Cc1nn(-c2ccc(F)cc2)c(Cl)c1/C=C/C(=O)NC(c1nc(C2CC2)no1)C(C)C. The molecular weight excluding hydrogens is 421 g/mol. The van der Waals surface area contributed by atoms with Crippen LogP contribution in [0.1, 0.15) is 61.6 Å². The van der Waals surface area contributed by atoms with E-state index in [0.717, 1.165) is 12.8 Å². The van der Waals surface area contributed by atoms with E-state index in [1.165, 1.54) is 22.9 Å². The van der Waals surface area contributed by atoms with E-state index in [2.05, 4.69) is 20.6 Å². The van der Waals surface area contributed by atoms with Gasteiger partial charge in [0, 0.05) is 17.6 Å². The van der Waals surface area contributed by atoms with Crippen LogP contribution >= 0.6 is 11.6 Å². The smallest absolute Gasteiger partial charge is 0.249 e. The van der Waals surface area contributed by atoms with Crippen LogP contribution in [0.2, 0.25) is 5.15 Å². The molecule has 1 unspecified atom stereocenters. The molecule has 1 saturated carbocycles. The number of nitrogens with zero attached hydrogens (tertiary/aromatic N) is 4. The van der Waals surface area contributed by atoms with Crippen molar-refractivity contribution in [2.45, 2.75) is 45.6 Å². The van der Waals surface area contributed by atoms with Gasteiger partial charge in [-0.2, -0.15) is 10.1 Å². The van der Waals surface area contributed by atoms with Crippen LogP contribution in [0.4, 0.5) is 4.39 Å². The van der Waals surface area contributed by atoms with E-state index in [1.807, 2.05) is 13.8 Å². The maximum atomic E-state index is 13.2. The molecule has 2 heterocycles. The van der Waals surface area contributed by atoms with Crippen molar-refractivity contribution in [2.24, 2.45) is 5.92 Å². The predicted molar refractivity (Wildman–Crippen MR) is 114 cm³/mol.